The van der Waals surface area contributed by atoms with E-state index in [1.807, 2.05) is 27.7 Å². The first kappa shape index (κ1) is 27.0. The molecule has 0 spiro atoms. The van der Waals surface area contributed by atoms with Gasteiger partial charge in [-0.15, -0.1) is 0 Å². The number of alkyl halides is 6. The number of carbonyl (C=O) groups is 1. The first-order valence-corrected chi connectivity index (χ1v) is 9.44. The van der Waals surface area contributed by atoms with Gasteiger partial charge in [-0.05, 0) is 44.4 Å². The van der Waals surface area contributed by atoms with Gasteiger partial charge in [0.1, 0.15) is 5.60 Å². The highest BCUT2D eigenvalue weighted by Crippen LogP contribution is 2.53. The molecule has 0 fully saturated rings. The monoisotopic (exact) mass is 420 g/mol. The van der Waals surface area contributed by atoms with Crippen LogP contribution >= 0.6 is 0 Å². The van der Waals surface area contributed by atoms with Gasteiger partial charge in [0.05, 0.1) is 5.41 Å². The summed E-state index contributed by atoms with van der Waals surface area (Å²) in [6, 6.07) is 0. The normalized spacial score (nSPS) is 16.9. The van der Waals surface area contributed by atoms with E-state index in [0.717, 1.165) is 0 Å². The Hall–Kier alpha value is -0.950. The van der Waals surface area contributed by atoms with Crippen molar-refractivity contribution in [2.75, 3.05) is 0 Å². The number of hydrogen-bond acceptors (Lipinski definition) is 2. The Morgan fingerprint density at radius 2 is 1.18 bits per heavy atom. The summed E-state index contributed by atoms with van der Waals surface area (Å²) < 4.78 is 84.1. The van der Waals surface area contributed by atoms with Gasteiger partial charge in [-0.3, -0.25) is 4.79 Å². The zero-order valence-corrected chi connectivity index (χ0v) is 18.3. The fourth-order valence-electron chi connectivity index (χ4n) is 3.44. The van der Waals surface area contributed by atoms with Gasteiger partial charge in [0.15, 0.2) is 5.92 Å². The lowest BCUT2D eigenvalue weighted by Gasteiger charge is -2.48. The molecule has 0 aliphatic rings. The molecular weight excluding hydrogens is 386 g/mol. The molecule has 168 valence electrons. The molecule has 1 atom stereocenters. The second-order valence-electron chi connectivity index (χ2n) is 9.77. The Labute approximate surface area is 164 Å². The molecule has 0 amide bonds. The van der Waals surface area contributed by atoms with E-state index in [-0.39, 0.29) is 11.8 Å². The smallest absolute Gasteiger partial charge is 0.404 e. The molecule has 0 aliphatic heterocycles. The van der Waals surface area contributed by atoms with E-state index in [0.29, 0.717) is 26.7 Å². The van der Waals surface area contributed by atoms with Gasteiger partial charge in [0, 0.05) is 0 Å². The van der Waals surface area contributed by atoms with Gasteiger partial charge in [0.2, 0.25) is 0 Å². The van der Waals surface area contributed by atoms with Gasteiger partial charge in [-0.1, -0.05) is 48.0 Å². The van der Waals surface area contributed by atoms with E-state index in [1.54, 1.807) is 20.8 Å². The number of halogens is 6. The summed E-state index contributed by atoms with van der Waals surface area (Å²) in [7, 11) is 0. The van der Waals surface area contributed by atoms with Crippen molar-refractivity contribution in [3.8, 4) is 0 Å². The molecule has 0 N–H and O–H groups in total. The van der Waals surface area contributed by atoms with Crippen LogP contribution < -0.4 is 0 Å². The van der Waals surface area contributed by atoms with Crippen LogP contribution in [0.5, 0.6) is 0 Å². The van der Waals surface area contributed by atoms with E-state index in [1.165, 1.54) is 0 Å². The minimum absolute atomic E-state index is 0.273. The standard InChI is InChI=1S/C20H34F6O2/c1-10-15(3,4)12-18(9,16(5,6)11-2)14(27)28-17(7,8)13(19(21,22)23)20(24,25)26/h13H,10-12H2,1-9H3. The third-order valence-corrected chi connectivity index (χ3v) is 6.32. The SMILES string of the molecule is CCC(C)(C)CC(C)(C(=O)OC(C)(C)C(C(F)(F)F)C(F)(F)F)C(C)(C)CC. The molecular formula is C20H34F6O2. The lowest BCUT2D eigenvalue weighted by Crippen LogP contribution is -2.55. The van der Waals surface area contributed by atoms with Crippen LogP contribution in [0.15, 0.2) is 0 Å². The quantitative estimate of drug-likeness (QED) is 0.304. The summed E-state index contributed by atoms with van der Waals surface area (Å²) >= 11 is 0. The lowest BCUT2D eigenvalue weighted by atomic mass is 9.58. The van der Waals surface area contributed by atoms with Crippen LogP contribution in [0.4, 0.5) is 26.3 Å². The average molecular weight is 420 g/mol. The van der Waals surface area contributed by atoms with Gasteiger partial charge in [-0.25, -0.2) is 0 Å². The second-order valence-corrected chi connectivity index (χ2v) is 9.77. The highest BCUT2D eigenvalue weighted by molar-refractivity contribution is 5.78. The van der Waals surface area contributed by atoms with E-state index >= 15 is 0 Å². The number of esters is 1. The summed E-state index contributed by atoms with van der Waals surface area (Å²) in [5.74, 6) is -4.81. The third kappa shape index (κ3) is 6.02. The van der Waals surface area contributed by atoms with E-state index in [4.69, 9.17) is 4.74 Å². The summed E-state index contributed by atoms with van der Waals surface area (Å²) in [6.45, 7) is 14.0. The van der Waals surface area contributed by atoms with Crippen LogP contribution in [-0.2, 0) is 9.53 Å². The Morgan fingerprint density at radius 3 is 1.46 bits per heavy atom. The van der Waals surface area contributed by atoms with Crippen molar-refractivity contribution in [1.29, 1.82) is 0 Å². The predicted octanol–water partition coefficient (Wildman–Crippen LogP) is 7.32. The molecule has 0 heterocycles. The summed E-state index contributed by atoms with van der Waals surface area (Å²) in [5.41, 5.74) is -5.11. The molecule has 0 bridgehead atoms. The number of ether oxygens (including phenoxy) is 1. The van der Waals surface area contributed by atoms with Crippen LogP contribution in [0.25, 0.3) is 0 Å². The van der Waals surface area contributed by atoms with Gasteiger partial charge in [0.25, 0.3) is 0 Å². The van der Waals surface area contributed by atoms with Crippen molar-refractivity contribution in [2.24, 2.45) is 22.2 Å². The minimum Gasteiger partial charge on any atom is -0.458 e. The maximum absolute atomic E-state index is 13.2. The summed E-state index contributed by atoms with van der Waals surface area (Å²) in [6.07, 6.45) is -9.73. The Balaban J connectivity index is 6.17. The number of carbonyl (C=O) groups excluding carboxylic acids is 1. The maximum Gasteiger partial charge on any atom is 0.404 e. The Bertz CT molecular complexity index is 532. The lowest BCUT2D eigenvalue weighted by molar-refractivity contribution is -0.325. The van der Waals surface area contributed by atoms with Gasteiger partial charge < -0.3 is 4.74 Å². The van der Waals surface area contributed by atoms with Gasteiger partial charge in [-0.2, -0.15) is 26.3 Å². The van der Waals surface area contributed by atoms with Gasteiger partial charge >= 0.3 is 18.3 Å². The van der Waals surface area contributed by atoms with E-state index in [9.17, 15) is 31.1 Å². The molecule has 0 aromatic carbocycles. The Kier molecular flexibility index (Phi) is 7.78. The highest BCUT2D eigenvalue weighted by atomic mass is 19.4. The molecule has 0 saturated carbocycles. The number of rotatable bonds is 8. The van der Waals surface area contributed by atoms with Crippen molar-refractivity contribution in [2.45, 2.75) is 99.5 Å². The van der Waals surface area contributed by atoms with Crippen LogP contribution in [0, 0.1) is 22.2 Å². The van der Waals surface area contributed by atoms with Crippen LogP contribution in [0.3, 0.4) is 0 Å². The minimum atomic E-state index is -5.60. The predicted molar refractivity (Wildman–Crippen MR) is 96.6 cm³/mol. The maximum atomic E-state index is 13.2. The largest absolute Gasteiger partial charge is 0.458 e. The van der Waals surface area contributed by atoms with Crippen LogP contribution in [0.2, 0.25) is 0 Å². The molecule has 2 nitrogen and oxygen atoms in total. The molecule has 0 radical (unpaired) electrons. The van der Waals surface area contributed by atoms with Crippen molar-refractivity contribution >= 4 is 5.97 Å². The molecule has 0 aromatic rings. The first-order valence-electron chi connectivity index (χ1n) is 9.44. The highest BCUT2D eigenvalue weighted by Gasteiger charge is 2.66. The fourth-order valence-corrected chi connectivity index (χ4v) is 3.44. The topological polar surface area (TPSA) is 26.3 Å². The van der Waals surface area contributed by atoms with E-state index < -0.39 is 40.7 Å². The van der Waals surface area contributed by atoms with Crippen molar-refractivity contribution < 1.29 is 35.9 Å². The second kappa shape index (κ2) is 8.05. The molecule has 1 unspecified atom stereocenters. The molecule has 0 aromatic heterocycles. The zero-order chi connectivity index (χ0) is 23.0. The molecule has 28 heavy (non-hydrogen) atoms. The van der Waals surface area contributed by atoms with Crippen LogP contribution in [-0.4, -0.2) is 23.9 Å². The molecule has 8 heteroatoms. The summed E-state index contributed by atoms with van der Waals surface area (Å²) in [5, 5.41) is 0. The van der Waals surface area contributed by atoms with Crippen molar-refractivity contribution in [3.63, 3.8) is 0 Å². The first-order chi connectivity index (χ1) is 12.1. The number of hydrogen-bond donors (Lipinski definition) is 0. The van der Waals surface area contributed by atoms with E-state index in [2.05, 4.69) is 0 Å². The fraction of sp³-hybridized carbons (Fsp3) is 0.950. The van der Waals surface area contributed by atoms with Crippen molar-refractivity contribution in [3.05, 3.63) is 0 Å². The molecule has 0 rings (SSSR count). The average Bonchev–Trinajstić information content (AvgIpc) is 2.41. The molecule has 0 saturated heterocycles. The summed E-state index contributed by atoms with van der Waals surface area (Å²) in [4.78, 5) is 13.1. The van der Waals surface area contributed by atoms with Crippen LogP contribution in [0.1, 0.15) is 81.6 Å². The van der Waals surface area contributed by atoms with Crippen molar-refractivity contribution in [1.82, 2.24) is 0 Å². The third-order valence-electron chi connectivity index (χ3n) is 6.32. The molecule has 0 aliphatic carbocycles. The zero-order valence-electron chi connectivity index (χ0n) is 18.3. The Morgan fingerprint density at radius 1 is 0.786 bits per heavy atom.